The van der Waals surface area contributed by atoms with E-state index in [-0.39, 0.29) is 5.91 Å². The van der Waals surface area contributed by atoms with Crippen LogP contribution >= 0.6 is 0 Å². The molecule has 4 nitrogen and oxygen atoms in total. The maximum Gasteiger partial charge on any atom is 0.255 e. The van der Waals surface area contributed by atoms with E-state index in [1.165, 1.54) is 0 Å². The summed E-state index contributed by atoms with van der Waals surface area (Å²) in [4.78, 5) is 19.3. The van der Waals surface area contributed by atoms with Crippen LogP contribution in [0.25, 0.3) is 11.3 Å². The fourth-order valence-corrected chi connectivity index (χ4v) is 2.17. The number of nitrogens with one attached hydrogen (secondary N) is 2. The van der Waals surface area contributed by atoms with Gasteiger partial charge < -0.3 is 10.3 Å². The number of rotatable bonds is 3. The molecule has 0 saturated heterocycles. The minimum absolute atomic E-state index is 0.111. The molecule has 0 aliphatic rings. The van der Waals surface area contributed by atoms with E-state index in [2.05, 4.69) is 15.3 Å². The van der Waals surface area contributed by atoms with Gasteiger partial charge in [-0.3, -0.25) is 4.79 Å². The van der Waals surface area contributed by atoms with E-state index in [0.717, 1.165) is 22.5 Å². The van der Waals surface area contributed by atoms with E-state index in [1.807, 2.05) is 49.4 Å². The molecule has 0 bridgehead atoms. The highest BCUT2D eigenvalue weighted by Crippen LogP contribution is 2.20. The maximum atomic E-state index is 12.2. The molecule has 2 aromatic carbocycles. The van der Waals surface area contributed by atoms with Gasteiger partial charge in [-0.25, -0.2) is 4.98 Å². The first-order valence-corrected chi connectivity index (χ1v) is 6.69. The van der Waals surface area contributed by atoms with Crippen LogP contribution in [0.5, 0.6) is 0 Å². The second kappa shape index (κ2) is 5.63. The Labute approximate surface area is 122 Å². The predicted octanol–water partition coefficient (Wildman–Crippen LogP) is 3.64. The van der Waals surface area contributed by atoms with Crippen molar-refractivity contribution in [3.63, 3.8) is 0 Å². The molecule has 0 aliphatic carbocycles. The number of anilines is 1. The van der Waals surface area contributed by atoms with Crippen molar-refractivity contribution in [2.45, 2.75) is 6.92 Å². The molecule has 1 amide bonds. The van der Waals surface area contributed by atoms with Gasteiger partial charge in [0.15, 0.2) is 0 Å². The summed E-state index contributed by atoms with van der Waals surface area (Å²) in [6.45, 7) is 1.97. The number of aromatic amines is 1. The molecule has 0 fully saturated rings. The Balaban J connectivity index is 1.82. The van der Waals surface area contributed by atoms with Gasteiger partial charge >= 0.3 is 0 Å². The summed E-state index contributed by atoms with van der Waals surface area (Å²) in [6, 6.07) is 15.2. The number of aryl methyl sites for hydroxylation is 1. The lowest BCUT2D eigenvalue weighted by Gasteiger charge is -2.07. The first-order chi connectivity index (χ1) is 10.2. The Bertz CT molecular complexity index is 763. The molecule has 3 aromatic rings. The number of amides is 1. The SMILES string of the molecule is Cc1cccc(C(=O)Nc2cccc(-c3cnc[nH]3)c2)c1. The molecule has 1 aromatic heterocycles. The molecule has 0 saturated carbocycles. The number of hydrogen-bond donors (Lipinski definition) is 2. The van der Waals surface area contributed by atoms with Gasteiger partial charge in [0.05, 0.1) is 18.2 Å². The highest BCUT2D eigenvalue weighted by molar-refractivity contribution is 6.04. The van der Waals surface area contributed by atoms with E-state index in [0.29, 0.717) is 5.56 Å². The van der Waals surface area contributed by atoms with Crippen LogP contribution in [-0.2, 0) is 0 Å². The summed E-state index contributed by atoms with van der Waals surface area (Å²) < 4.78 is 0. The summed E-state index contributed by atoms with van der Waals surface area (Å²) in [6.07, 6.45) is 3.38. The topological polar surface area (TPSA) is 57.8 Å². The van der Waals surface area contributed by atoms with Gasteiger partial charge in [0.1, 0.15) is 0 Å². The molecular formula is C17H15N3O. The van der Waals surface area contributed by atoms with Crippen LogP contribution in [0.3, 0.4) is 0 Å². The van der Waals surface area contributed by atoms with E-state index in [9.17, 15) is 4.79 Å². The van der Waals surface area contributed by atoms with Crippen LogP contribution in [0.15, 0.2) is 61.1 Å². The first-order valence-electron chi connectivity index (χ1n) is 6.69. The zero-order chi connectivity index (χ0) is 14.7. The average molecular weight is 277 g/mol. The van der Waals surface area contributed by atoms with Crippen molar-refractivity contribution in [3.8, 4) is 11.3 Å². The van der Waals surface area contributed by atoms with Crippen LogP contribution in [0, 0.1) is 6.92 Å². The largest absolute Gasteiger partial charge is 0.345 e. The summed E-state index contributed by atoms with van der Waals surface area (Å²) in [7, 11) is 0. The molecule has 0 atom stereocenters. The molecule has 4 heteroatoms. The second-order valence-corrected chi connectivity index (χ2v) is 4.87. The number of carbonyl (C=O) groups excluding carboxylic acids is 1. The molecular weight excluding hydrogens is 262 g/mol. The summed E-state index contributed by atoms with van der Waals surface area (Å²) in [5.41, 5.74) is 4.38. The summed E-state index contributed by atoms with van der Waals surface area (Å²) >= 11 is 0. The number of benzene rings is 2. The minimum atomic E-state index is -0.111. The molecule has 21 heavy (non-hydrogen) atoms. The molecule has 0 spiro atoms. The van der Waals surface area contributed by atoms with Crippen molar-refractivity contribution >= 4 is 11.6 Å². The van der Waals surface area contributed by atoms with Gasteiger partial charge in [0, 0.05) is 16.8 Å². The van der Waals surface area contributed by atoms with Crippen LogP contribution in [-0.4, -0.2) is 15.9 Å². The Morgan fingerprint density at radius 3 is 2.76 bits per heavy atom. The minimum Gasteiger partial charge on any atom is -0.345 e. The molecule has 1 heterocycles. The highest BCUT2D eigenvalue weighted by Gasteiger charge is 2.07. The van der Waals surface area contributed by atoms with Gasteiger partial charge in [-0.15, -0.1) is 0 Å². The van der Waals surface area contributed by atoms with E-state index < -0.39 is 0 Å². The predicted molar refractivity (Wildman–Crippen MR) is 83.2 cm³/mol. The monoisotopic (exact) mass is 277 g/mol. The van der Waals surface area contributed by atoms with E-state index >= 15 is 0 Å². The van der Waals surface area contributed by atoms with E-state index in [1.54, 1.807) is 18.6 Å². The third-order valence-corrected chi connectivity index (χ3v) is 3.21. The van der Waals surface area contributed by atoms with Gasteiger partial charge in [-0.2, -0.15) is 0 Å². The van der Waals surface area contributed by atoms with Gasteiger partial charge in [-0.1, -0.05) is 29.8 Å². The van der Waals surface area contributed by atoms with Crippen molar-refractivity contribution in [2.75, 3.05) is 5.32 Å². The second-order valence-electron chi connectivity index (χ2n) is 4.87. The molecule has 0 radical (unpaired) electrons. The normalized spacial score (nSPS) is 10.3. The van der Waals surface area contributed by atoms with Crippen LogP contribution in [0.4, 0.5) is 5.69 Å². The first kappa shape index (κ1) is 13.1. The third kappa shape index (κ3) is 3.00. The number of aromatic nitrogens is 2. The smallest absolute Gasteiger partial charge is 0.255 e. The van der Waals surface area contributed by atoms with Crippen molar-refractivity contribution in [3.05, 3.63) is 72.2 Å². The number of carbonyl (C=O) groups is 1. The molecule has 0 unspecified atom stereocenters. The Morgan fingerprint density at radius 1 is 1.14 bits per heavy atom. The number of H-pyrrole nitrogens is 1. The maximum absolute atomic E-state index is 12.2. The van der Waals surface area contributed by atoms with Crippen molar-refractivity contribution in [1.82, 2.24) is 9.97 Å². The number of imidazole rings is 1. The fourth-order valence-electron chi connectivity index (χ4n) is 2.17. The lowest BCUT2D eigenvalue weighted by atomic mass is 10.1. The van der Waals surface area contributed by atoms with Crippen molar-refractivity contribution < 1.29 is 4.79 Å². The van der Waals surface area contributed by atoms with Crippen molar-refractivity contribution in [2.24, 2.45) is 0 Å². The van der Waals surface area contributed by atoms with Crippen LogP contribution < -0.4 is 5.32 Å². The lowest BCUT2D eigenvalue weighted by Crippen LogP contribution is -2.11. The van der Waals surface area contributed by atoms with Crippen LogP contribution in [0.2, 0.25) is 0 Å². The molecule has 0 aliphatic heterocycles. The standard InChI is InChI=1S/C17H15N3O/c1-12-4-2-6-14(8-12)17(21)20-15-7-3-5-13(9-15)16-10-18-11-19-16/h2-11H,1H3,(H,18,19)(H,20,21). The fraction of sp³-hybridized carbons (Fsp3) is 0.0588. The van der Waals surface area contributed by atoms with Gasteiger partial charge in [-0.05, 0) is 31.2 Å². The van der Waals surface area contributed by atoms with Crippen LogP contribution in [0.1, 0.15) is 15.9 Å². The quantitative estimate of drug-likeness (QED) is 0.768. The zero-order valence-corrected chi connectivity index (χ0v) is 11.6. The number of hydrogen-bond acceptors (Lipinski definition) is 2. The lowest BCUT2D eigenvalue weighted by molar-refractivity contribution is 0.102. The molecule has 2 N–H and O–H groups in total. The Kier molecular flexibility index (Phi) is 3.51. The summed E-state index contributed by atoms with van der Waals surface area (Å²) in [5.74, 6) is -0.111. The van der Waals surface area contributed by atoms with E-state index in [4.69, 9.17) is 0 Å². The Hall–Kier alpha value is -2.88. The highest BCUT2D eigenvalue weighted by atomic mass is 16.1. The third-order valence-electron chi connectivity index (χ3n) is 3.21. The Morgan fingerprint density at radius 2 is 2.00 bits per heavy atom. The molecule has 3 rings (SSSR count). The summed E-state index contributed by atoms with van der Waals surface area (Å²) in [5, 5.41) is 2.91. The number of nitrogens with zero attached hydrogens (tertiary/aromatic N) is 1. The zero-order valence-electron chi connectivity index (χ0n) is 11.6. The van der Waals surface area contributed by atoms with Gasteiger partial charge in [0.25, 0.3) is 5.91 Å². The average Bonchev–Trinajstić information content (AvgIpc) is 3.02. The van der Waals surface area contributed by atoms with Crippen molar-refractivity contribution in [1.29, 1.82) is 0 Å². The van der Waals surface area contributed by atoms with Gasteiger partial charge in [0.2, 0.25) is 0 Å². The molecule has 104 valence electrons.